The first-order valence-electron chi connectivity index (χ1n) is 20.9. The zero-order valence-electron chi connectivity index (χ0n) is 36.5. The molecule has 3 N–H and O–H groups in total. The van der Waals surface area contributed by atoms with Crippen molar-refractivity contribution in [1.29, 1.82) is 0 Å². The quantitative estimate of drug-likeness (QED) is 0.0808. The number of alkyl carbamates (subject to hydrolysis) is 1. The van der Waals surface area contributed by atoms with Gasteiger partial charge in [0.05, 0.1) is 211 Å². The van der Waals surface area contributed by atoms with Crippen LogP contribution in [0.3, 0.4) is 0 Å². The van der Waals surface area contributed by atoms with Crippen LogP contribution in [0.5, 0.6) is 0 Å². The molecule has 20 heteroatoms. The van der Waals surface area contributed by atoms with Crippen LogP contribution in [-0.2, 0) is 80.5 Å². The second-order valence-electron chi connectivity index (χ2n) is 13.0. The van der Waals surface area contributed by atoms with Gasteiger partial charge in [0.15, 0.2) is 0 Å². The molecule has 0 aromatic carbocycles. The Balaban J connectivity index is 3.09. The van der Waals surface area contributed by atoms with Crippen LogP contribution in [0.2, 0.25) is 0 Å². The van der Waals surface area contributed by atoms with Gasteiger partial charge in [-0.2, -0.15) is 0 Å². The summed E-state index contributed by atoms with van der Waals surface area (Å²) >= 11 is 0. The first-order chi connectivity index (χ1) is 29.0. The zero-order chi connectivity index (χ0) is 42.8. The Morgan fingerprint density at radius 3 is 0.661 bits per heavy atom. The summed E-state index contributed by atoms with van der Waals surface area (Å²) in [5, 5.41) is 2.63. The van der Waals surface area contributed by atoms with Crippen LogP contribution in [-0.4, -0.2) is 236 Å². The molecule has 0 aromatic rings. The van der Waals surface area contributed by atoms with Crippen molar-refractivity contribution in [3.63, 3.8) is 0 Å². The maximum absolute atomic E-state index is 11.5. The highest BCUT2D eigenvalue weighted by Gasteiger charge is 2.15. The monoisotopic (exact) mass is 865 g/mol. The van der Waals surface area contributed by atoms with E-state index in [4.69, 9.17) is 86.3 Å². The highest BCUT2D eigenvalue weighted by Crippen LogP contribution is 2.06. The van der Waals surface area contributed by atoms with Gasteiger partial charge in [-0.05, 0) is 20.8 Å². The summed E-state index contributed by atoms with van der Waals surface area (Å²) in [7, 11) is 0. The number of rotatable bonds is 50. The van der Waals surface area contributed by atoms with Crippen molar-refractivity contribution in [3.8, 4) is 0 Å². The van der Waals surface area contributed by atoms with Gasteiger partial charge in [-0.15, -0.1) is 0 Å². The minimum absolute atomic E-state index is 0.378. The van der Waals surface area contributed by atoms with E-state index in [0.29, 0.717) is 225 Å². The molecule has 0 unspecified atom stereocenters. The predicted molar refractivity (Wildman–Crippen MR) is 216 cm³/mol. The smallest absolute Gasteiger partial charge is 0.407 e. The highest BCUT2D eigenvalue weighted by atomic mass is 16.6. The molecule has 0 atom stereocenters. The van der Waals surface area contributed by atoms with Gasteiger partial charge < -0.3 is 91.6 Å². The maximum atomic E-state index is 11.5. The normalized spacial score (nSPS) is 11.8. The minimum atomic E-state index is -0.516. The molecule has 0 aliphatic heterocycles. The fraction of sp³-hybridized carbons (Fsp3) is 0.974. The summed E-state index contributed by atoms with van der Waals surface area (Å²) in [4.78, 5) is 11.5. The Morgan fingerprint density at radius 1 is 0.322 bits per heavy atom. The van der Waals surface area contributed by atoms with Gasteiger partial charge in [-0.1, -0.05) is 0 Å². The Labute approximate surface area is 353 Å². The van der Waals surface area contributed by atoms with Crippen LogP contribution in [0.1, 0.15) is 20.8 Å². The lowest BCUT2D eigenvalue weighted by Crippen LogP contribution is -2.34. The van der Waals surface area contributed by atoms with E-state index < -0.39 is 11.7 Å². The molecule has 20 nitrogen and oxygen atoms in total. The number of amides is 1. The topological polar surface area (TPSA) is 212 Å². The summed E-state index contributed by atoms with van der Waals surface area (Å²) < 4.78 is 92.3. The molecular formula is C39H80N2O18. The van der Waals surface area contributed by atoms with Crippen molar-refractivity contribution < 1.29 is 85.3 Å². The third kappa shape index (κ3) is 54.6. The van der Waals surface area contributed by atoms with Gasteiger partial charge in [0.1, 0.15) is 5.60 Å². The van der Waals surface area contributed by atoms with E-state index in [1.165, 1.54) is 0 Å². The van der Waals surface area contributed by atoms with E-state index in [-0.39, 0.29) is 0 Å². The number of nitrogens with two attached hydrogens (primary N) is 1. The van der Waals surface area contributed by atoms with Crippen molar-refractivity contribution in [2.24, 2.45) is 5.73 Å². The molecule has 0 aromatic heterocycles. The summed E-state index contributed by atoms with van der Waals surface area (Å²) in [6.45, 7) is 22.1. The molecule has 0 aliphatic rings. The molecule has 59 heavy (non-hydrogen) atoms. The van der Waals surface area contributed by atoms with Crippen molar-refractivity contribution in [2.45, 2.75) is 26.4 Å². The van der Waals surface area contributed by atoms with E-state index in [1.54, 1.807) is 0 Å². The SMILES string of the molecule is CC(C)(C)OC(=O)NCCOCCOCCOCCOCCOCCOCCOCCOCCOCCOCCOCCOCCOCCOCCOCCOCCN. The number of hydrogen-bond acceptors (Lipinski definition) is 19. The van der Waals surface area contributed by atoms with Crippen LogP contribution in [0.25, 0.3) is 0 Å². The van der Waals surface area contributed by atoms with E-state index >= 15 is 0 Å². The predicted octanol–water partition coefficient (Wildman–Crippen LogP) is 0.735. The largest absolute Gasteiger partial charge is 0.444 e. The van der Waals surface area contributed by atoms with E-state index in [9.17, 15) is 4.79 Å². The van der Waals surface area contributed by atoms with Crippen LogP contribution < -0.4 is 11.1 Å². The molecule has 0 radical (unpaired) electrons. The average molecular weight is 865 g/mol. The Hall–Kier alpha value is -1.41. The van der Waals surface area contributed by atoms with Gasteiger partial charge in [0.2, 0.25) is 0 Å². The molecule has 0 rings (SSSR count). The first kappa shape index (κ1) is 57.6. The van der Waals surface area contributed by atoms with Crippen molar-refractivity contribution >= 4 is 6.09 Å². The van der Waals surface area contributed by atoms with Crippen molar-refractivity contribution in [2.75, 3.05) is 225 Å². The molecule has 0 aliphatic carbocycles. The Morgan fingerprint density at radius 2 is 0.492 bits per heavy atom. The third-order valence-electron chi connectivity index (χ3n) is 6.76. The molecule has 0 saturated carbocycles. The van der Waals surface area contributed by atoms with E-state index in [1.807, 2.05) is 20.8 Å². The van der Waals surface area contributed by atoms with Crippen molar-refractivity contribution in [3.05, 3.63) is 0 Å². The van der Waals surface area contributed by atoms with Crippen molar-refractivity contribution in [1.82, 2.24) is 5.32 Å². The molecule has 0 heterocycles. The summed E-state index contributed by atoms with van der Waals surface area (Å²) in [6, 6.07) is 0. The third-order valence-corrected chi connectivity index (χ3v) is 6.76. The lowest BCUT2D eigenvalue weighted by molar-refractivity contribution is -0.0303. The molecule has 354 valence electrons. The molecule has 0 fully saturated rings. The standard InChI is InChI=1S/C39H80N2O18/c1-39(2,3)59-38(42)41-5-7-44-9-11-46-13-15-48-17-19-50-21-23-52-25-27-54-29-31-56-33-35-58-37-36-57-34-32-55-30-28-53-26-24-51-22-20-49-18-16-47-14-12-45-10-8-43-6-4-40/h4-37,40H2,1-3H3,(H,41,42). The Bertz CT molecular complexity index is 818. The van der Waals surface area contributed by atoms with Gasteiger partial charge in [0.25, 0.3) is 0 Å². The summed E-state index contributed by atoms with van der Waals surface area (Å²) in [5.74, 6) is 0. The highest BCUT2D eigenvalue weighted by molar-refractivity contribution is 5.67. The summed E-state index contributed by atoms with van der Waals surface area (Å²) in [5.41, 5.74) is 4.82. The van der Waals surface area contributed by atoms with Crippen LogP contribution in [0.4, 0.5) is 4.79 Å². The van der Waals surface area contributed by atoms with Gasteiger partial charge in [-0.25, -0.2) is 4.79 Å². The van der Waals surface area contributed by atoms with Gasteiger partial charge in [-0.3, -0.25) is 0 Å². The number of carbonyl (C=O) groups is 1. The first-order valence-corrected chi connectivity index (χ1v) is 20.9. The molecule has 0 saturated heterocycles. The zero-order valence-corrected chi connectivity index (χ0v) is 36.5. The number of nitrogens with one attached hydrogen (secondary N) is 1. The van der Waals surface area contributed by atoms with Crippen LogP contribution in [0, 0.1) is 0 Å². The van der Waals surface area contributed by atoms with Crippen LogP contribution in [0.15, 0.2) is 0 Å². The minimum Gasteiger partial charge on any atom is -0.444 e. The molecular weight excluding hydrogens is 784 g/mol. The van der Waals surface area contributed by atoms with E-state index in [2.05, 4.69) is 5.32 Å². The fourth-order valence-corrected chi connectivity index (χ4v) is 4.02. The Kier molecular flexibility index (Phi) is 48.1. The lowest BCUT2D eigenvalue weighted by atomic mass is 10.2. The molecule has 0 bridgehead atoms. The summed E-state index contributed by atoms with van der Waals surface area (Å²) in [6.07, 6.45) is -0.456. The maximum Gasteiger partial charge on any atom is 0.407 e. The number of ether oxygens (including phenoxy) is 17. The number of carbonyl (C=O) groups excluding carboxylic acids is 1. The second kappa shape index (κ2) is 49.2. The molecule has 1 amide bonds. The molecule has 0 spiro atoms. The number of hydrogen-bond donors (Lipinski definition) is 2. The second-order valence-corrected chi connectivity index (χ2v) is 13.0. The van der Waals surface area contributed by atoms with Gasteiger partial charge in [0, 0.05) is 13.1 Å². The van der Waals surface area contributed by atoms with E-state index in [0.717, 1.165) is 0 Å². The average Bonchev–Trinajstić information content (AvgIpc) is 3.21. The lowest BCUT2D eigenvalue weighted by Gasteiger charge is -2.19. The van der Waals surface area contributed by atoms with Gasteiger partial charge >= 0.3 is 6.09 Å². The fourth-order valence-electron chi connectivity index (χ4n) is 4.02. The van der Waals surface area contributed by atoms with Crippen LogP contribution >= 0.6 is 0 Å².